The zero-order valence-corrected chi connectivity index (χ0v) is 8.33. The zero-order valence-electron chi connectivity index (χ0n) is 8.33. The summed E-state index contributed by atoms with van der Waals surface area (Å²) in [6.45, 7) is 4.05. The van der Waals surface area contributed by atoms with Gasteiger partial charge in [0.25, 0.3) is 0 Å². The molecule has 0 aliphatic rings. The summed E-state index contributed by atoms with van der Waals surface area (Å²) in [7, 11) is 0. The van der Waals surface area contributed by atoms with Crippen molar-refractivity contribution in [1.29, 1.82) is 0 Å². The summed E-state index contributed by atoms with van der Waals surface area (Å²) >= 11 is 0. The molecule has 0 spiro atoms. The Morgan fingerprint density at radius 2 is 1.69 bits per heavy atom. The van der Waals surface area contributed by atoms with Crippen LogP contribution >= 0.6 is 0 Å². The molecule has 0 saturated carbocycles. The second kappa shape index (κ2) is 4.40. The van der Waals surface area contributed by atoms with Crippen LogP contribution in [0.2, 0.25) is 0 Å². The highest BCUT2D eigenvalue weighted by molar-refractivity contribution is 5.23. The SMILES string of the molecule is Cc1ccc(C(N)CC(C)N)cc1. The molecule has 2 atom stereocenters. The van der Waals surface area contributed by atoms with E-state index >= 15 is 0 Å². The van der Waals surface area contributed by atoms with Gasteiger partial charge in [0.05, 0.1) is 0 Å². The highest BCUT2D eigenvalue weighted by atomic mass is 14.7. The first-order chi connectivity index (χ1) is 6.09. The number of aryl methyl sites for hydroxylation is 1. The third-order valence-electron chi connectivity index (χ3n) is 2.13. The largest absolute Gasteiger partial charge is 0.328 e. The van der Waals surface area contributed by atoms with Gasteiger partial charge in [-0.05, 0) is 25.8 Å². The molecular weight excluding hydrogens is 160 g/mol. The molecule has 72 valence electrons. The van der Waals surface area contributed by atoms with Gasteiger partial charge in [0.1, 0.15) is 0 Å². The van der Waals surface area contributed by atoms with E-state index in [9.17, 15) is 0 Å². The third-order valence-corrected chi connectivity index (χ3v) is 2.13. The smallest absolute Gasteiger partial charge is 0.0309 e. The lowest BCUT2D eigenvalue weighted by molar-refractivity contribution is 0.568. The molecule has 0 bridgehead atoms. The van der Waals surface area contributed by atoms with E-state index in [0.717, 1.165) is 6.42 Å². The minimum absolute atomic E-state index is 0.0700. The van der Waals surface area contributed by atoms with E-state index in [-0.39, 0.29) is 12.1 Å². The summed E-state index contributed by atoms with van der Waals surface area (Å²) in [6, 6.07) is 8.54. The third kappa shape index (κ3) is 3.17. The molecule has 2 heteroatoms. The number of rotatable bonds is 3. The first-order valence-corrected chi connectivity index (χ1v) is 4.67. The molecule has 0 fully saturated rings. The Morgan fingerprint density at radius 1 is 1.15 bits per heavy atom. The Bertz CT molecular complexity index is 251. The van der Waals surface area contributed by atoms with Crippen LogP contribution in [0.3, 0.4) is 0 Å². The normalized spacial score (nSPS) is 15.4. The zero-order chi connectivity index (χ0) is 9.84. The van der Waals surface area contributed by atoms with Gasteiger partial charge in [-0.3, -0.25) is 0 Å². The Morgan fingerprint density at radius 3 is 2.15 bits per heavy atom. The second-order valence-corrected chi connectivity index (χ2v) is 3.73. The van der Waals surface area contributed by atoms with Gasteiger partial charge >= 0.3 is 0 Å². The Balaban J connectivity index is 2.66. The Kier molecular flexibility index (Phi) is 3.46. The average Bonchev–Trinajstić information content (AvgIpc) is 2.04. The van der Waals surface area contributed by atoms with Crippen molar-refractivity contribution in [3.63, 3.8) is 0 Å². The van der Waals surface area contributed by atoms with E-state index in [4.69, 9.17) is 11.5 Å². The number of benzene rings is 1. The fourth-order valence-electron chi connectivity index (χ4n) is 1.35. The molecule has 0 aromatic heterocycles. The monoisotopic (exact) mass is 178 g/mol. The van der Waals surface area contributed by atoms with E-state index in [1.165, 1.54) is 11.1 Å². The highest BCUT2D eigenvalue weighted by Crippen LogP contribution is 2.15. The van der Waals surface area contributed by atoms with Crippen LogP contribution in [0, 0.1) is 6.92 Å². The van der Waals surface area contributed by atoms with Crippen LogP contribution in [0.25, 0.3) is 0 Å². The molecule has 0 saturated heterocycles. The minimum Gasteiger partial charge on any atom is -0.328 e. The van der Waals surface area contributed by atoms with Gasteiger partial charge < -0.3 is 11.5 Å². The molecule has 0 heterocycles. The summed E-state index contributed by atoms with van der Waals surface area (Å²) in [5.74, 6) is 0. The van der Waals surface area contributed by atoms with Crippen molar-refractivity contribution in [3.8, 4) is 0 Å². The van der Waals surface area contributed by atoms with Gasteiger partial charge in [0, 0.05) is 12.1 Å². The fraction of sp³-hybridized carbons (Fsp3) is 0.455. The van der Waals surface area contributed by atoms with Crippen LogP contribution in [0.1, 0.15) is 30.5 Å². The van der Waals surface area contributed by atoms with Gasteiger partial charge in [-0.1, -0.05) is 29.8 Å². The standard InChI is InChI=1S/C11H18N2/c1-8-3-5-10(6-4-8)11(13)7-9(2)12/h3-6,9,11H,7,12-13H2,1-2H3. The van der Waals surface area contributed by atoms with Gasteiger partial charge in [-0.25, -0.2) is 0 Å². The van der Waals surface area contributed by atoms with E-state index in [2.05, 4.69) is 31.2 Å². The van der Waals surface area contributed by atoms with E-state index in [1.807, 2.05) is 6.92 Å². The van der Waals surface area contributed by atoms with Crippen LogP contribution in [0.5, 0.6) is 0 Å². The molecule has 13 heavy (non-hydrogen) atoms. The molecule has 0 aliphatic carbocycles. The van der Waals surface area contributed by atoms with Gasteiger partial charge in [-0.15, -0.1) is 0 Å². The minimum atomic E-state index is 0.0700. The molecule has 0 radical (unpaired) electrons. The highest BCUT2D eigenvalue weighted by Gasteiger charge is 2.07. The number of hydrogen-bond donors (Lipinski definition) is 2. The molecule has 2 unspecified atom stereocenters. The summed E-state index contributed by atoms with van der Waals surface area (Å²) < 4.78 is 0. The van der Waals surface area contributed by atoms with Crippen LogP contribution < -0.4 is 11.5 Å². The Hall–Kier alpha value is -0.860. The predicted octanol–water partition coefficient (Wildman–Crippen LogP) is 1.73. The second-order valence-electron chi connectivity index (χ2n) is 3.73. The van der Waals surface area contributed by atoms with Crippen LogP contribution in [-0.4, -0.2) is 6.04 Å². The van der Waals surface area contributed by atoms with Crippen LogP contribution in [0.4, 0.5) is 0 Å². The van der Waals surface area contributed by atoms with Gasteiger partial charge in [0.2, 0.25) is 0 Å². The van der Waals surface area contributed by atoms with Crippen LogP contribution in [-0.2, 0) is 0 Å². The molecule has 2 nitrogen and oxygen atoms in total. The van der Waals surface area contributed by atoms with Crippen molar-refractivity contribution in [1.82, 2.24) is 0 Å². The summed E-state index contributed by atoms with van der Waals surface area (Å²) in [4.78, 5) is 0. The first kappa shape index (κ1) is 10.2. The maximum absolute atomic E-state index is 5.97. The van der Waals surface area contributed by atoms with Crippen molar-refractivity contribution in [2.45, 2.75) is 32.4 Å². The molecule has 0 amide bonds. The predicted molar refractivity (Wildman–Crippen MR) is 56.4 cm³/mol. The summed E-state index contributed by atoms with van der Waals surface area (Å²) in [5, 5.41) is 0. The summed E-state index contributed by atoms with van der Waals surface area (Å²) in [6.07, 6.45) is 0.836. The quantitative estimate of drug-likeness (QED) is 0.740. The van der Waals surface area contributed by atoms with Crippen molar-refractivity contribution >= 4 is 0 Å². The maximum atomic E-state index is 5.97. The van der Waals surface area contributed by atoms with Crippen molar-refractivity contribution in [3.05, 3.63) is 35.4 Å². The number of hydrogen-bond acceptors (Lipinski definition) is 2. The lowest BCUT2D eigenvalue weighted by atomic mass is 10.0. The number of nitrogens with two attached hydrogens (primary N) is 2. The molecule has 4 N–H and O–H groups in total. The lowest BCUT2D eigenvalue weighted by Crippen LogP contribution is -2.23. The van der Waals surface area contributed by atoms with Gasteiger partial charge in [0.15, 0.2) is 0 Å². The topological polar surface area (TPSA) is 52.0 Å². The first-order valence-electron chi connectivity index (χ1n) is 4.67. The lowest BCUT2D eigenvalue weighted by Gasteiger charge is -2.14. The molecule has 1 rings (SSSR count). The van der Waals surface area contributed by atoms with Crippen molar-refractivity contribution in [2.75, 3.05) is 0 Å². The van der Waals surface area contributed by atoms with E-state index in [0.29, 0.717) is 0 Å². The van der Waals surface area contributed by atoms with E-state index in [1.54, 1.807) is 0 Å². The maximum Gasteiger partial charge on any atom is 0.0309 e. The van der Waals surface area contributed by atoms with Crippen LogP contribution in [0.15, 0.2) is 24.3 Å². The van der Waals surface area contributed by atoms with E-state index < -0.39 is 0 Å². The molecular formula is C11H18N2. The van der Waals surface area contributed by atoms with Crippen molar-refractivity contribution in [2.24, 2.45) is 11.5 Å². The van der Waals surface area contributed by atoms with Crippen molar-refractivity contribution < 1.29 is 0 Å². The van der Waals surface area contributed by atoms with Gasteiger partial charge in [-0.2, -0.15) is 0 Å². The average molecular weight is 178 g/mol. The molecule has 1 aromatic carbocycles. The fourth-order valence-corrected chi connectivity index (χ4v) is 1.35. The molecule has 0 aliphatic heterocycles. The molecule has 1 aromatic rings. The Labute approximate surface area is 79.9 Å². The summed E-state index contributed by atoms with van der Waals surface area (Å²) in [5.41, 5.74) is 14.1.